The van der Waals surface area contributed by atoms with Crippen LogP contribution in [0.2, 0.25) is 0 Å². The van der Waals surface area contributed by atoms with Gasteiger partial charge >= 0.3 is 11.9 Å². The van der Waals surface area contributed by atoms with Crippen molar-refractivity contribution in [3.05, 3.63) is 35.9 Å². The minimum Gasteiger partial charge on any atom is -0.468 e. The van der Waals surface area contributed by atoms with Gasteiger partial charge in [0.15, 0.2) is 6.04 Å². The summed E-state index contributed by atoms with van der Waals surface area (Å²) in [5.74, 6) is -2.66. The Morgan fingerprint density at radius 1 is 1.21 bits per heavy atom. The van der Waals surface area contributed by atoms with Crippen LogP contribution in [0.25, 0.3) is 0 Å². The highest BCUT2D eigenvalue weighted by atomic mass is 32.2. The molecular formula is C18H18N2O7S. The zero-order valence-electron chi connectivity index (χ0n) is 15.2. The van der Waals surface area contributed by atoms with Crippen molar-refractivity contribution in [2.24, 2.45) is 4.99 Å². The Hall–Kier alpha value is -2.88. The molecular weight excluding hydrogens is 388 g/mol. The molecule has 2 aliphatic heterocycles. The summed E-state index contributed by atoms with van der Waals surface area (Å²) in [6.45, 7) is 0.258. The third-order valence-electron chi connectivity index (χ3n) is 4.52. The number of methoxy groups -OCH3 is 2. The lowest BCUT2D eigenvalue weighted by molar-refractivity contribution is -0.185. The lowest BCUT2D eigenvalue weighted by atomic mass is 9.88. The number of nitrogens with zero attached hydrogens (tertiary/aromatic N) is 2. The van der Waals surface area contributed by atoms with E-state index >= 15 is 0 Å². The standard InChI is InChI=1S/C18H18N2O7S/c1-25-15(23)18(8-9-21,16(24)26-2)20-13(22)12-14(20)28-17(19-12)27-10-11-6-4-3-5-7-11/h3-7,9,12,14H,8,10H2,1-2H3/t12-,14-/m1/s1. The molecule has 0 aliphatic carbocycles. The molecule has 1 amide bonds. The van der Waals surface area contributed by atoms with Crippen molar-refractivity contribution >= 4 is 41.1 Å². The fraction of sp³-hybridized carbons (Fsp3) is 0.389. The molecule has 148 valence electrons. The summed E-state index contributed by atoms with van der Waals surface area (Å²) >= 11 is 1.10. The number of β-lactam (4-membered cyclic amide) rings is 1. The van der Waals surface area contributed by atoms with Gasteiger partial charge in [-0.05, 0) is 17.3 Å². The third-order valence-corrected chi connectivity index (χ3v) is 5.66. The Bertz CT molecular complexity index is 810. The van der Waals surface area contributed by atoms with Crippen molar-refractivity contribution in [1.82, 2.24) is 4.90 Å². The number of rotatable bonds is 7. The monoisotopic (exact) mass is 406 g/mol. The molecule has 0 aromatic heterocycles. The lowest BCUT2D eigenvalue weighted by Gasteiger charge is -2.49. The molecule has 1 saturated heterocycles. The largest absolute Gasteiger partial charge is 0.468 e. The summed E-state index contributed by atoms with van der Waals surface area (Å²) in [6, 6.07) is 8.60. The fourth-order valence-electron chi connectivity index (χ4n) is 3.13. The van der Waals surface area contributed by atoms with Gasteiger partial charge < -0.3 is 19.0 Å². The van der Waals surface area contributed by atoms with E-state index in [0.29, 0.717) is 6.29 Å². The highest BCUT2D eigenvalue weighted by Gasteiger charge is 2.67. The Morgan fingerprint density at radius 3 is 2.43 bits per heavy atom. The normalized spacial score (nSPS) is 20.6. The number of amides is 1. The molecule has 28 heavy (non-hydrogen) atoms. The smallest absolute Gasteiger partial charge is 0.344 e. The van der Waals surface area contributed by atoms with Gasteiger partial charge in [-0.1, -0.05) is 30.3 Å². The fourth-order valence-corrected chi connectivity index (χ4v) is 4.34. The highest BCUT2D eigenvalue weighted by Crippen LogP contribution is 2.45. The molecule has 0 saturated carbocycles. The molecule has 2 atom stereocenters. The second-order valence-electron chi connectivity index (χ2n) is 6.05. The maximum atomic E-state index is 12.6. The predicted octanol–water partition coefficient (Wildman–Crippen LogP) is 0.517. The van der Waals surface area contributed by atoms with Crippen LogP contribution in [-0.4, -0.2) is 65.4 Å². The molecule has 0 radical (unpaired) electrons. The number of hydrogen-bond donors (Lipinski definition) is 0. The quantitative estimate of drug-likeness (QED) is 0.279. The van der Waals surface area contributed by atoms with Gasteiger partial charge in [-0.25, -0.2) is 14.6 Å². The maximum absolute atomic E-state index is 12.6. The number of thioether (sulfide) groups is 1. The number of aliphatic imine (C=N–C) groups is 1. The zero-order valence-corrected chi connectivity index (χ0v) is 16.0. The van der Waals surface area contributed by atoms with Crippen LogP contribution in [0, 0.1) is 0 Å². The van der Waals surface area contributed by atoms with Crippen molar-refractivity contribution in [2.75, 3.05) is 14.2 Å². The second kappa shape index (κ2) is 8.01. The summed E-state index contributed by atoms with van der Waals surface area (Å²) in [7, 11) is 2.14. The molecule has 0 bridgehead atoms. The van der Waals surface area contributed by atoms with E-state index in [-0.39, 0.29) is 11.8 Å². The summed E-state index contributed by atoms with van der Waals surface area (Å²) in [5.41, 5.74) is -1.26. The van der Waals surface area contributed by atoms with Gasteiger partial charge in [0.2, 0.25) is 10.8 Å². The first-order valence-electron chi connectivity index (χ1n) is 8.34. The summed E-state index contributed by atoms with van der Waals surface area (Å²) in [5, 5.41) is -0.402. The molecule has 9 nitrogen and oxygen atoms in total. The number of esters is 2. The van der Waals surface area contributed by atoms with Crippen LogP contribution in [0.1, 0.15) is 12.0 Å². The average molecular weight is 406 g/mol. The van der Waals surface area contributed by atoms with E-state index in [2.05, 4.69) is 4.99 Å². The molecule has 10 heteroatoms. The summed E-state index contributed by atoms with van der Waals surface area (Å²) in [6.07, 6.45) is -0.205. The summed E-state index contributed by atoms with van der Waals surface area (Å²) in [4.78, 5) is 54.0. The number of hydrogen-bond acceptors (Lipinski definition) is 9. The zero-order chi connectivity index (χ0) is 20.3. The second-order valence-corrected chi connectivity index (χ2v) is 7.11. The molecule has 2 heterocycles. The Kier molecular flexibility index (Phi) is 5.68. The van der Waals surface area contributed by atoms with Crippen LogP contribution < -0.4 is 0 Å². The molecule has 1 fully saturated rings. The van der Waals surface area contributed by atoms with Crippen molar-refractivity contribution in [2.45, 2.75) is 30.0 Å². The third kappa shape index (κ3) is 3.13. The van der Waals surface area contributed by atoms with Crippen LogP contribution in [-0.2, 0) is 40.0 Å². The molecule has 2 aliphatic rings. The minimum atomic E-state index is -2.18. The Balaban J connectivity index is 1.79. The molecule has 1 aromatic carbocycles. The first-order valence-corrected chi connectivity index (χ1v) is 9.22. The van der Waals surface area contributed by atoms with Gasteiger partial charge in [-0.15, -0.1) is 0 Å². The molecule has 1 aromatic rings. The van der Waals surface area contributed by atoms with Gasteiger partial charge in [0, 0.05) is 6.42 Å². The van der Waals surface area contributed by atoms with Crippen LogP contribution in [0.5, 0.6) is 0 Å². The van der Waals surface area contributed by atoms with E-state index in [1.807, 2.05) is 30.3 Å². The SMILES string of the molecule is COC(=O)C(CC=O)(C(=O)OC)N1C(=O)[C@H]2N=C(OCc3ccccc3)S[C@H]21. The number of carbonyl (C=O) groups is 4. The molecule has 0 spiro atoms. The Labute approximate surface area is 165 Å². The number of ether oxygens (including phenoxy) is 3. The van der Waals surface area contributed by atoms with Gasteiger partial charge in [0.25, 0.3) is 5.91 Å². The highest BCUT2D eigenvalue weighted by molar-refractivity contribution is 8.14. The topological polar surface area (TPSA) is 112 Å². The van der Waals surface area contributed by atoms with Crippen molar-refractivity contribution in [1.29, 1.82) is 0 Å². The minimum absolute atomic E-state index is 0.258. The van der Waals surface area contributed by atoms with E-state index in [4.69, 9.17) is 14.2 Å². The first kappa shape index (κ1) is 19.9. The van der Waals surface area contributed by atoms with Crippen molar-refractivity contribution < 1.29 is 33.4 Å². The molecule has 3 rings (SSSR count). The number of carbonyl (C=O) groups excluding carboxylic acids is 4. The number of aldehydes is 1. The van der Waals surface area contributed by atoms with E-state index in [1.54, 1.807) is 0 Å². The maximum Gasteiger partial charge on any atom is 0.344 e. The van der Waals surface area contributed by atoms with E-state index in [0.717, 1.165) is 36.4 Å². The molecule has 0 unspecified atom stereocenters. The first-order chi connectivity index (χ1) is 13.5. The van der Waals surface area contributed by atoms with E-state index in [9.17, 15) is 19.2 Å². The van der Waals surface area contributed by atoms with Gasteiger partial charge in [0.05, 0.1) is 14.2 Å². The van der Waals surface area contributed by atoms with Gasteiger partial charge in [-0.2, -0.15) is 0 Å². The lowest BCUT2D eigenvalue weighted by Crippen LogP contribution is -2.75. The van der Waals surface area contributed by atoms with Crippen LogP contribution in [0.4, 0.5) is 0 Å². The van der Waals surface area contributed by atoms with E-state index < -0.39 is 41.2 Å². The predicted molar refractivity (Wildman–Crippen MR) is 98.1 cm³/mol. The number of likely N-dealkylation sites (tertiary alicyclic amines) is 1. The molecule has 0 N–H and O–H groups in total. The number of fused-ring (bicyclic) bond motifs is 1. The summed E-state index contributed by atoms with van der Waals surface area (Å²) < 4.78 is 15.1. The van der Waals surface area contributed by atoms with E-state index in [1.165, 1.54) is 0 Å². The average Bonchev–Trinajstić information content (AvgIpc) is 3.10. The van der Waals surface area contributed by atoms with Crippen LogP contribution in [0.3, 0.4) is 0 Å². The number of benzene rings is 1. The Morgan fingerprint density at radius 2 is 1.86 bits per heavy atom. The van der Waals surface area contributed by atoms with Gasteiger partial charge in [0.1, 0.15) is 18.3 Å². The van der Waals surface area contributed by atoms with Crippen molar-refractivity contribution in [3.8, 4) is 0 Å². The van der Waals surface area contributed by atoms with Crippen molar-refractivity contribution in [3.63, 3.8) is 0 Å². The van der Waals surface area contributed by atoms with Gasteiger partial charge in [-0.3, -0.25) is 9.69 Å². The van der Waals surface area contributed by atoms with Crippen LogP contribution >= 0.6 is 11.8 Å². The van der Waals surface area contributed by atoms with Crippen LogP contribution in [0.15, 0.2) is 35.3 Å².